The number of fused-ring (bicyclic) bond motifs is 3. The van der Waals surface area contributed by atoms with Crippen LogP contribution in [0.15, 0.2) is 29.0 Å². The van der Waals surface area contributed by atoms with E-state index in [1.54, 1.807) is 13.1 Å². The standard InChI is InChI=1S/C23H29N3O8/c1-25-11-4-5-12(27)13-9(11)6-22(8-34-3)7-10-16(26-2)18(29)14(21(24)32)19(30)23(10,33)20(31)15(22)17(13)28/h4-5,10,16,19,25-30,33H,6-8H2,1-3H3,(H2,24,32)/t10-,16-,19?,22-,23+/m0/s1. The third-order valence-corrected chi connectivity index (χ3v) is 7.51. The van der Waals surface area contributed by atoms with Gasteiger partial charge in [-0.3, -0.25) is 9.59 Å². The van der Waals surface area contributed by atoms with Crippen LogP contribution in [0.25, 0.3) is 5.76 Å². The molecule has 5 atom stereocenters. The number of nitrogens with one attached hydrogen (secondary N) is 2. The summed E-state index contributed by atoms with van der Waals surface area (Å²) in [5, 5.41) is 61.0. The fourth-order valence-electron chi connectivity index (χ4n) is 6.06. The van der Waals surface area contributed by atoms with Crippen LogP contribution >= 0.6 is 0 Å². The molecule has 3 aliphatic rings. The quantitative estimate of drug-likeness (QED) is 0.257. The van der Waals surface area contributed by atoms with E-state index < -0.39 is 57.9 Å². The Morgan fingerprint density at radius 3 is 2.50 bits per heavy atom. The minimum Gasteiger partial charge on any atom is -0.510 e. The minimum atomic E-state index is -2.58. The lowest BCUT2D eigenvalue weighted by Gasteiger charge is -2.55. The lowest BCUT2D eigenvalue weighted by molar-refractivity contribution is -0.172. The molecule has 1 unspecified atom stereocenters. The topological polar surface area (TPSA) is 195 Å². The fraction of sp³-hybridized carbons (Fsp3) is 0.478. The van der Waals surface area contributed by atoms with E-state index >= 15 is 0 Å². The molecule has 11 heteroatoms. The highest BCUT2D eigenvalue weighted by Crippen LogP contribution is 2.58. The van der Waals surface area contributed by atoms with Crippen LogP contribution in [0.3, 0.4) is 0 Å². The van der Waals surface area contributed by atoms with Gasteiger partial charge in [0, 0.05) is 36.8 Å². The van der Waals surface area contributed by atoms with Gasteiger partial charge in [0.1, 0.15) is 23.4 Å². The van der Waals surface area contributed by atoms with Gasteiger partial charge < -0.3 is 46.6 Å². The molecular formula is C23H29N3O8. The number of likely N-dealkylation sites (N-methyl/N-ethyl adjacent to an activating group) is 1. The SMILES string of the molecule is CNc1ccc(O)c2c1C[C@@]1(COC)C[C@H]3[C@H](NC)C(O)=C(C(N)=O)C(O)[C@@]3(O)C(=O)C1=C2O. The molecule has 0 bridgehead atoms. The van der Waals surface area contributed by atoms with Gasteiger partial charge in [0.25, 0.3) is 5.91 Å². The smallest absolute Gasteiger partial charge is 0.250 e. The number of nitrogens with two attached hydrogens (primary N) is 1. The molecule has 184 valence electrons. The molecule has 0 aliphatic heterocycles. The molecule has 0 spiro atoms. The van der Waals surface area contributed by atoms with E-state index in [2.05, 4.69) is 10.6 Å². The van der Waals surface area contributed by atoms with Crippen LogP contribution in [0.5, 0.6) is 5.75 Å². The molecule has 0 saturated heterocycles. The van der Waals surface area contributed by atoms with Crippen LogP contribution in [0.4, 0.5) is 5.69 Å². The van der Waals surface area contributed by atoms with Crippen molar-refractivity contribution in [3.63, 3.8) is 0 Å². The van der Waals surface area contributed by atoms with E-state index in [9.17, 15) is 35.1 Å². The first kappa shape index (κ1) is 24.0. The van der Waals surface area contributed by atoms with Gasteiger partial charge >= 0.3 is 0 Å². The summed E-state index contributed by atoms with van der Waals surface area (Å²) in [6, 6.07) is 1.92. The summed E-state index contributed by atoms with van der Waals surface area (Å²) < 4.78 is 5.46. The number of hydrogen-bond acceptors (Lipinski definition) is 10. The van der Waals surface area contributed by atoms with Gasteiger partial charge in [0.2, 0.25) is 0 Å². The average Bonchev–Trinajstić information content (AvgIpc) is 2.76. The van der Waals surface area contributed by atoms with E-state index in [4.69, 9.17) is 10.5 Å². The van der Waals surface area contributed by atoms with Crippen LogP contribution in [0.2, 0.25) is 0 Å². The number of phenolic OH excluding ortho intramolecular Hbond substituents is 1. The van der Waals surface area contributed by atoms with Crippen molar-refractivity contribution in [1.82, 2.24) is 5.32 Å². The summed E-state index contributed by atoms with van der Waals surface area (Å²) in [4.78, 5) is 26.0. The second-order valence-electron chi connectivity index (χ2n) is 9.15. The third-order valence-electron chi connectivity index (χ3n) is 7.51. The van der Waals surface area contributed by atoms with E-state index in [0.717, 1.165) is 0 Å². The zero-order chi connectivity index (χ0) is 25.2. The van der Waals surface area contributed by atoms with Crippen molar-refractivity contribution in [2.24, 2.45) is 17.1 Å². The van der Waals surface area contributed by atoms with Crippen molar-refractivity contribution in [2.75, 3.05) is 33.1 Å². The number of ether oxygens (including phenoxy) is 1. The lowest BCUT2D eigenvalue weighted by Crippen LogP contribution is -2.70. The molecule has 1 aromatic rings. The molecular weight excluding hydrogens is 446 g/mol. The molecule has 1 aromatic carbocycles. The highest BCUT2D eigenvalue weighted by Gasteiger charge is 2.67. The number of Topliss-reactive ketones (excluding diaryl/α,β-unsaturated/α-hetero) is 1. The van der Waals surface area contributed by atoms with Crippen LogP contribution in [-0.4, -0.2) is 82.8 Å². The number of aromatic hydroxyl groups is 1. The van der Waals surface area contributed by atoms with Gasteiger partial charge in [-0.1, -0.05) is 0 Å². The fourth-order valence-corrected chi connectivity index (χ4v) is 6.06. The number of primary amides is 1. The summed E-state index contributed by atoms with van der Waals surface area (Å²) >= 11 is 0. The number of rotatable bonds is 5. The first-order chi connectivity index (χ1) is 16.0. The number of aliphatic hydroxyl groups is 4. The molecule has 3 aliphatic carbocycles. The maximum Gasteiger partial charge on any atom is 0.250 e. The minimum absolute atomic E-state index is 0.0145. The van der Waals surface area contributed by atoms with Crippen molar-refractivity contribution in [1.29, 1.82) is 0 Å². The number of carbonyl (C=O) groups excluding carboxylic acids is 2. The molecule has 1 amide bonds. The Morgan fingerprint density at radius 2 is 1.94 bits per heavy atom. The Balaban J connectivity index is 2.03. The largest absolute Gasteiger partial charge is 0.510 e. The van der Waals surface area contributed by atoms with Crippen LogP contribution in [0.1, 0.15) is 17.5 Å². The van der Waals surface area contributed by atoms with Crippen molar-refractivity contribution in [2.45, 2.75) is 30.6 Å². The number of hydrogen-bond donors (Lipinski definition) is 8. The molecule has 11 nitrogen and oxygen atoms in total. The van der Waals surface area contributed by atoms with Crippen LogP contribution in [0, 0.1) is 11.3 Å². The number of anilines is 1. The molecule has 9 N–H and O–H groups in total. The summed E-state index contributed by atoms with van der Waals surface area (Å²) in [5.41, 5.74) is 1.91. The van der Waals surface area contributed by atoms with Crippen molar-refractivity contribution < 1.29 is 39.9 Å². The third kappa shape index (κ3) is 2.91. The predicted molar refractivity (Wildman–Crippen MR) is 121 cm³/mol. The van der Waals surface area contributed by atoms with Crippen LogP contribution < -0.4 is 16.4 Å². The number of methoxy groups -OCH3 is 1. The zero-order valence-electron chi connectivity index (χ0n) is 19.0. The Bertz CT molecular complexity index is 1150. The molecule has 1 saturated carbocycles. The average molecular weight is 475 g/mol. The monoisotopic (exact) mass is 475 g/mol. The van der Waals surface area contributed by atoms with Gasteiger partial charge in [-0.25, -0.2) is 0 Å². The molecule has 4 rings (SSSR count). The van der Waals surface area contributed by atoms with E-state index in [1.165, 1.54) is 20.2 Å². The number of ketones is 1. The van der Waals surface area contributed by atoms with Gasteiger partial charge in [0.15, 0.2) is 11.4 Å². The molecule has 34 heavy (non-hydrogen) atoms. The van der Waals surface area contributed by atoms with Gasteiger partial charge in [-0.2, -0.15) is 0 Å². The Kier molecular flexibility index (Phi) is 5.64. The zero-order valence-corrected chi connectivity index (χ0v) is 19.0. The normalized spacial score (nSPS) is 32.7. The highest BCUT2D eigenvalue weighted by atomic mass is 16.5. The Labute approximate surface area is 195 Å². The number of phenols is 1. The second kappa shape index (κ2) is 7.98. The van der Waals surface area contributed by atoms with Crippen molar-refractivity contribution in [3.05, 3.63) is 40.2 Å². The van der Waals surface area contributed by atoms with E-state index in [1.807, 2.05) is 0 Å². The van der Waals surface area contributed by atoms with E-state index in [0.29, 0.717) is 11.3 Å². The molecule has 0 heterocycles. The highest BCUT2D eigenvalue weighted by molar-refractivity contribution is 6.12. The van der Waals surface area contributed by atoms with Gasteiger partial charge in [-0.05, 0) is 37.6 Å². The molecule has 1 fully saturated rings. The summed E-state index contributed by atoms with van der Waals surface area (Å²) in [5.74, 6) is -4.69. The molecule has 0 aromatic heterocycles. The molecule has 0 radical (unpaired) electrons. The Hall–Kier alpha value is -3.12. The van der Waals surface area contributed by atoms with Crippen LogP contribution in [-0.2, 0) is 20.7 Å². The second-order valence-corrected chi connectivity index (χ2v) is 9.15. The Morgan fingerprint density at radius 1 is 1.26 bits per heavy atom. The maximum atomic E-state index is 14.0. The number of amides is 1. The summed E-state index contributed by atoms with van der Waals surface area (Å²) in [7, 11) is 4.58. The summed E-state index contributed by atoms with van der Waals surface area (Å²) in [6.45, 7) is -0.0390. The number of aliphatic hydroxyl groups excluding tert-OH is 3. The number of benzene rings is 1. The predicted octanol–water partition coefficient (Wildman–Crippen LogP) is -0.528. The first-order valence-corrected chi connectivity index (χ1v) is 10.8. The maximum absolute atomic E-state index is 14.0. The lowest BCUT2D eigenvalue weighted by atomic mass is 9.51. The van der Waals surface area contributed by atoms with Crippen molar-refractivity contribution >= 4 is 23.1 Å². The first-order valence-electron chi connectivity index (χ1n) is 10.8. The van der Waals surface area contributed by atoms with Crippen molar-refractivity contribution in [3.8, 4) is 5.75 Å². The summed E-state index contributed by atoms with van der Waals surface area (Å²) in [6.07, 6.45) is -2.00. The number of carbonyl (C=O) groups is 2. The van der Waals surface area contributed by atoms with Gasteiger partial charge in [0.05, 0.1) is 23.8 Å². The van der Waals surface area contributed by atoms with E-state index in [-0.39, 0.29) is 36.3 Å². The van der Waals surface area contributed by atoms with Gasteiger partial charge in [-0.15, -0.1) is 0 Å².